The maximum atomic E-state index is 11.9. The highest BCUT2D eigenvalue weighted by Crippen LogP contribution is 2.37. The molecule has 0 saturated carbocycles. The number of benzene rings is 1. The molecular formula is C24H25N5O9. The second kappa shape index (κ2) is 11.2. The Morgan fingerprint density at radius 1 is 0.921 bits per heavy atom. The van der Waals surface area contributed by atoms with Crippen LogP contribution in [0.15, 0.2) is 36.7 Å². The van der Waals surface area contributed by atoms with Crippen LogP contribution in [0.4, 0.5) is 5.95 Å². The van der Waals surface area contributed by atoms with Crippen molar-refractivity contribution < 1.29 is 42.9 Å². The van der Waals surface area contributed by atoms with Gasteiger partial charge in [-0.3, -0.25) is 29.1 Å². The van der Waals surface area contributed by atoms with E-state index in [0.717, 1.165) is 19.4 Å². The number of carbonyl (C=O) groups is 4. The normalized spacial score (nSPS) is 20.5. The number of esters is 3. The van der Waals surface area contributed by atoms with Gasteiger partial charge in [0.15, 0.2) is 23.5 Å². The molecule has 2 aromatic heterocycles. The SMILES string of the molecule is CC(=O)Nc1nc(OCc2ccccc2)c2ncn([C@@H]3O[C@H](OC(C)=O)[C@@H](OC(C)=O)[C@H]3OC(C)=O)c2n1. The highest BCUT2D eigenvalue weighted by molar-refractivity contribution is 5.88. The topological polar surface area (TPSA) is 170 Å². The zero-order valence-electron chi connectivity index (χ0n) is 20.9. The van der Waals surface area contributed by atoms with Crippen LogP contribution < -0.4 is 10.1 Å². The number of imidazole rings is 1. The van der Waals surface area contributed by atoms with Crippen LogP contribution >= 0.6 is 0 Å². The van der Waals surface area contributed by atoms with Crippen LogP contribution in [0.3, 0.4) is 0 Å². The van der Waals surface area contributed by atoms with E-state index in [1.54, 1.807) is 0 Å². The molecular weight excluding hydrogens is 502 g/mol. The zero-order chi connectivity index (χ0) is 27.4. The Kier molecular flexibility index (Phi) is 7.81. The molecule has 1 fully saturated rings. The average Bonchev–Trinajstić information content (AvgIpc) is 3.38. The molecule has 3 aromatic rings. The Labute approximate surface area is 216 Å². The molecule has 1 aliphatic rings. The summed E-state index contributed by atoms with van der Waals surface area (Å²) in [6.07, 6.45) is -3.79. The monoisotopic (exact) mass is 527 g/mol. The predicted molar refractivity (Wildman–Crippen MR) is 127 cm³/mol. The summed E-state index contributed by atoms with van der Waals surface area (Å²) in [6, 6.07) is 9.32. The largest absolute Gasteiger partial charge is 0.471 e. The maximum Gasteiger partial charge on any atom is 0.305 e. The molecule has 1 N–H and O–H groups in total. The first-order valence-corrected chi connectivity index (χ1v) is 11.5. The minimum Gasteiger partial charge on any atom is -0.471 e. The number of aromatic nitrogens is 4. The van der Waals surface area contributed by atoms with E-state index >= 15 is 0 Å². The molecule has 1 saturated heterocycles. The molecule has 0 spiro atoms. The molecule has 14 heteroatoms. The van der Waals surface area contributed by atoms with Gasteiger partial charge in [0.05, 0.1) is 6.33 Å². The van der Waals surface area contributed by atoms with Crippen LogP contribution in [0.2, 0.25) is 0 Å². The summed E-state index contributed by atoms with van der Waals surface area (Å²) in [7, 11) is 0. The molecule has 4 rings (SSSR count). The number of hydrogen-bond acceptors (Lipinski definition) is 12. The van der Waals surface area contributed by atoms with Crippen molar-refractivity contribution in [1.82, 2.24) is 19.5 Å². The summed E-state index contributed by atoms with van der Waals surface area (Å²) in [4.78, 5) is 60.2. The van der Waals surface area contributed by atoms with Crippen molar-refractivity contribution in [2.75, 3.05) is 5.32 Å². The molecule has 1 aromatic carbocycles. The summed E-state index contributed by atoms with van der Waals surface area (Å²) in [5.41, 5.74) is 1.21. The van der Waals surface area contributed by atoms with Gasteiger partial charge in [0.1, 0.15) is 6.61 Å². The maximum absolute atomic E-state index is 11.9. The lowest BCUT2D eigenvalue weighted by atomic mass is 10.2. The first-order chi connectivity index (χ1) is 18.1. The van der Waals surface area contributed by atoms with E-state index in [2.05, 4.69) is 20.3 Å². The number of ether oxygens (including phenoxy) is 5. The molecule has 0 aliphatic carbocycles. The van der Waals surface area contributed by atoms with Crippen LogP contribution in [-0.4, -0.2) is 61.8 Å². The van der Waals surface area contributed by atoms with E-state index in [0.29, 0.717) is 0 Å². The molecule has 0 radical (unpaired) electrons. The van der Waals surface area contributed by atoms with Crippen molar-refractivity contribution >= 4 is 40.9 Å². The van der Waals surface area contributed by atoms with Gasteiger partial charge in [-0.1, -0.05) is 30.3 Å². The number of amides is 1. The Morgan fingerprint density at radius 3 is 2.21 bits per heavy atom. The number of anilines is 1. The summed E-state index contributed by atoms with van der Waals surface area (Å²) < 4.78 is 29.1. The minimum absolute atomic E-state index is 0.0662. The highest BCUT2D eigenvalue weighted by atomic mass is 16.8. The second-order valence-corrected chi connectivity index (χ2v) is 8.28. The predicted octanol–water partition coefficient (Wildman–Crippen LogP) is 1.65. The van der Waals surface area contributed by atoms with Gasteiger partial charge >= 0.3 is 17.9 Å². The molecule has 3 heterocycles. The van der Waals surface area contributed by atoms with E-state index in [9.17, 15) is 19.2 Å². The van der Waals surface area contributed by atoms with Gasteiger partial charge in [-0.05, 0) is 5.56 Å². The van der Waals surface area contributed by atoms with E-state index in [1.807, 2.05) is 30.3 Å². The first kappa shape index (κ1) is 26.5. The van der Waals surface area contributed by atoms with E-state index in [-0.39, 0.29) is 29.6 Å². The van der Waals surface area contributed by atoms with Crippen molar-refractivity contribution in [2.24, 2.45) is 0 Å². The van der Waals surface area contributed by atoms with E-state index in [1.165, 1.54) is 24.7 Å². The Bertz CT molecular complexity index is 1360. The molecule has 4 atom stereocenters. The van der Waals surface area contributed by atoms with Crippen LogP contribution in [0.5, 0.6) is 5.88 Å². The van der Waals surface area contributed by atoms with Gasteiger partial charge in [-0.2, -0.15) is 9.97 Å². The number of nitrogens with one attached hydrogen (secondary N) is 1. The Morgan fingerprint density at radius 2 is 1.58 bits per heavy atom. The lowest BCUT2D eigenvalue weighted by Gasteiger charge is -2.23. The van der Waals surface area contributed by atoms with Crippen LogP contribution in [0.1, 0.15) is 39.5 Å². The quantitative estimate of drug-likeness (QED) is 0.332. The van der Waals surface area contributed by atoms with Crippen molar-refractivity contribution in [3.05, 3.63) is 42.2 Å². The minimum atomic E-state index is -1.39. The number of nitrogens with zero attached hydrogens (tertiary/aromatic N) is 4. The van der Waals surface area contributed by atoms with Gasteiger partial charge in [0, 0.05) is 27.7 Å². The molecule has 14 nitrogen and oxygen atoms in total. The van der Waals surface area contributed by atoms with Crippen LogP contribution in [0.25, 0.3) is 11.2 Å². The van der Waals surface area contributed by atoms with Crippen molar-refractivity contribution in [3.63, 3.8) is 0 Å². The first-order valence-electron chi connectivity index (χ1n) is 11.5. The standard InChI is InChI=1S/C24H25N5O9/c1-12(30)26-24-27-20-17(21(28-24)34-10-16-8-6-5-7-9-16)25-11-29(20)22-18(35-13(2)31)19(36-14(3)32)23(38-22)37-15(4)33/h5-9,11,18-19,22-23H,10H2,1-4H3,(H,26,27,28,30)/t18-,19+,22-,23+/m1/s1. The fourth-order valence-corrected chi connectivity index (χ4v) is 3.84. The molecule has 0 unspecified atom stereocenters. The summed E-state index contributed by atoms with van der Waals surface area (Å²) in [5.74, 6) is -2.56. The highest BCUT2D eigenvalue weighted by Gasteiger charge is 2.52. The van der Waals surface area contributed by atoms with Gasteiger partial charge in [-0.15, -0.1) is 0 Å². The lowest BCUT2D eigenvalue weighted by Crippen LogP contribution is -2.40. The molecule has 1 amide bonds. The van der Waals surface area contributed by atoms with Gasteiger partial charge in [0.2, 0.25) is 30.1 Å². The third-order valence-corrected chi connectivity index (χ3v) is 5.20. The zero-order valence-corrected chi connectivity index (χ0v) is 20.9. The molecule has 38 heavy (non-hydrogen) atoms. The van der Waals surface area contributed by atoms with Gasteiger partial charge in [0.25, 0.3) is 0 Å². The Balaban J connectivity index is 1.77. The van der Waals surface area contributed by atoms with Crippen molar-refractivity contribution in [1.29, 1.82) is 0 Å². The van der Waals surface area contributed by atoms with Crippen molar-refractivity contribution in [2.45, 2.75) is 59.0 Å². The summed E-state index contributed by atoms with van der Waals surface area (Å²) >= 11 is 0. The summed E-state index contributed by atoms with van der Waals surface area (Å²) in [6.45, 7) is 4.91. The number of fused-ring (bicyclic) bond motifs is 1. The molecule has 200 valence electrons. The number of hydrogen-bond donors (Lipinski definition) is 1. The van der Waals surface area contributed by atoms with Gasteiger partial charge < -0.3 is 23.7 Å². The average molecular weight is 527 g/mol. The van der Waals surface area contributed by atoms with Gasteiger partial charge in [-0.25, -0.2) is 4.98 Å². The van der Waals surface area contributed by atoms with E-state index < -0.39 is 48.5 Å². The van der Waals surface area contributed by atoms with Crippen LogP contribution in [-0.2, 0) is 44.7 Å². The Hall–Kier alpha value is -4.59. The van der Waals surface area contributed by atoms with Crippen molar-refractivity contribution in [3.8, 4) is 5.88 Å². The molecule has 1 aliphatic heterocycles. The summed E-state index contributed by atoms with van der Waals surface area (Å²) in [5, 5.41) is 2.51. The fraction of sp³-hybridized carbons (Fsp3) is 0.375. The van der Waals surface area contributed by atoms with Crippen LogP contribution in [0, 0.1) is 0 Å². The van der Waals surface area contributed by atoms with E-state index in [4.69, 9.17) is 23.7 Å². The number of rotatable bonds is 8. The molecule has 0 bridgehead atoms. The third kappa shape index (κ3) is 6.03. The smallest absolute Gasteiger partial charge is 0.305 e. The lowest BCUT2D eigenvalue weighted by molar-refractivity contribution is -0.198. The third-order valence-electron chi connectivity index (χ3n) is 5.20. The number of carbonyl (C=O) groups excluding carboxylic acids is 4. The fourth-order valence-electron chi connectivity index (χ4n) is 3.84. The second-order valence-electron chi connectivity index (χ2n) is 8.28.